The zero-order valence-electron chi connectivity index (χ0n) is 13.3. The largest absolute Gasteiger partial charge is 0.399 e. The molecule has 0 saturated carbocycles. The van der Waals surface area contributed by atoms with E-state index in [2.05, 4.69) is 23.4 Å². The lowest BCUT2D eigenvalue weighted by Crippen LogP contribution is -1.96. The first-order valence-corrected chi connectivity index (χ1v) is 7.59. The number of hydrogen-bond acceptors (Lipinski definition) is 3. The van der Waals surface area contributed by atoms with E-state index in [-0.39, 0.29) is 0 Å². The van der Waals surface area contributed by atoms with E-state index < -0.39 is 0 Å². The molecule has 2 aromatic rings. The highest BCUT2D eigenvalue weighted by atomic mass is 16.6. The summed E-state index contributed by atoms with van der Waals surface area (Å²) >= 11 is 0. The monoisotopic (exact) mass is 312 g/mol. The van der Waals surface area contributed by atoms with E-state index in [1.807, 2.05) is 66.8 Å². The van der Waals surface area contributed by atoms with E-state index >= 15 is 0 Å². The fraction of sp³-hybridized carbons (Fsp3) is 0.0476. The molecule has 3 nitrogen and oxygen atoms in total. The van der Waals surface area contributed by atoms with Crippen LogP contribution in [0.1, 0.15) is 5.56 Å². The molecule has 3 heteroatoms. The molecule has 0 bridgehead atoms. The second-order valence-electron chi connectivity index (χ2n) is 5.25. The Bertz CT molecular complexity index is 862. The summed E-state index contributed by atoms with van der Waals surface area (Å²) in [5.74, 6) is 0. The molecule has 0 unspecified atom stereocenters. The Morgan fingerprint density at radius 3 is 2.08 bits per heavy atom. The van der Waals surface area contributed by atoms with Gasteiger partial charge in [0, 0.05) is 0 Å². The van der Waals surface area contributed by atoms with E-state index in [1.54, 1.807) is 0 Å². The highest BCUT2D eigenvalue weighted by molar-refractivity contribution is 6.06. The Balaban J connectivity index is 1.92. The van der Waals surface area contributed by atoms with Crippen LogP contribution in [0.25, 0.3) is 16.7 Å². The number of benzene rings is 2. The van der Waals surface area contributed by atoms with Gasteiger partial charge in [0.25, 0.3) is 0 Å². The lowest BCUT2D eigenvalue weighted by Gasteiger charge is -2.08. The number of nitriles is 1. The van der Waals surface area contributed by atoms with Crippen LogP contribution >= 0.6 is 0 Å². The lowest BCUT2D eigenvalue weighted by atomic mass is 9.95. The van der Waals surface area contributed by atoms with Crippen molar-refractivity contribution in [3.8, 4) is 17.2 Å². The number of allylic oxidation sites excluding steroid dienone is 6. The molecule has 0 spiro atoms. The van der Waals surface area contributed by atoms with E-state index in [0.29, 0.717) is 5.57 Å². The smallest absolute Gasteiger partial charge is 0.106 e. The van der Waals surface area contributed by atoms with Crippen LogP contribution in [0, 0.1) is 11.3 Å². The van der Waals surface area contributed by atoms with Crippen LogP contribution in [-0.4, -0.2) is 12.8 Å². The van der Waals surface area contributed by atoms with Crippen molar-refractivity contribution in [1.29, 1.82) is 5.26 Å². The maximum atomic E-state index is 9.56. The van der Waals surface area contributed by atoms with Crippen molar-refractivity contribution >= 4 is 11.3 Å². The fourth-order valence-corrected chi connectivity index (χ4v) is 2.55. The molecule has 0 aliphatic heterocycles. The average Bonchev–Trinajstić information content (AvgIpc) is 2.65. The van der Waals surface area contributed by atoms with Gasteiger partial charge in [0.15, 0.2) is 0 Å². The zero-order chi connectivity index (χ0) is 16.8. The molecule has 1 aliphatic rings. The van der Waals surface area contributed by atoms with Crippen LogP contribution < -0.4 is 0 Å². The topological polar surface area (TPSA) is 45.4 Å². The third-order valence-electron chi connectivity index (χ3n) is 3.75. The van der Waals surface area contributed by atoms with Crippen molar-refractivity contribution in [3.63, 3.8) is 0 Å². The second kappa shape index (κ2) is 7.26. The van der Waals surface area contributed by atoms with Crippen LogP contribution in [0.5, 0.6) is 0 Å². The van der Waals surface area contributed by atoms with Gasteiger partial charge in [0.05, 0.1) is 5.57 Å². The van der Waals surface area contributed by atoms with Crippen molar-refractivity contribution in [3.05, 3.63) is 90.0 Å². The number of hydrogen-bond donors (Lipinski definition) is 0. The molecule has 3 rings (SSSR count). The van der Waals surface area contributed by atoms with Crippen molar-refractivity contribution in [2.75, 3.05) is 7.11 Å². The number of oxime groups is 1. The first kappa shape index (κ1) is 15.5. The van der Waals surface area contributed by atoms with Crippen LogP contribution in [0.15, 0.2) is 89.6 Å². The third kappa shape index (κ3) is 3.34. The third-order valence-corrected chi connectivity index (χ3v) is 3.75. The summed E-state index contributed by atoms with van der Waals surface area (Å²) in [5, 5.41) is 13.4. The molecular weight excluding hydrogens is 296 g/mol. The first-order valence-electron chi connectivity index (χ1n) is 7.59. The van der Waals surface area contributed by atoms with E-state index in [0.717, 1.165) is 28.0 Å². The van der Waals surface area contributed by atoms with E-state index in [9.17, 15) is 5.26 Å². The minimum absolute atomic E-state index is 0.638. The van der Waals surface area contributed by atoms with Crippen LogP contribution in [0.4, 0.5) is 0 Å². The van der Waals surface area contributed by atoms with Crippen LogP contribution in [0.3, 0.4) is 0 Å². The molecule has 1 aliphatic carbocycles. The summed E-state index contributed by atoms with van der Waals surface area (Å²) < 4.78 is 0. The molecule has 0 heterocycles. The van der Waals surface area contributed by atoms with Gasteiger partial charge in [-0.15, -0.1) is 0 Å². The molecule has 0 saturated heterocycles. The second-order valence-corrected chi connectivity index (χ2v) is 5.25. The first-order chi connectivity index (χ1) is 11.8. The lowest BCUT2D eigenvalue weighted by molar-refractivity contribution is 0.214. The molecule has 0 N–H and O–H groups in total. The molecule has 0 amide bonds. The van der Waals surface area contributed by atoms with Gasteiger partial charge in [-0.05, 0) is 34.4 Å². The SMILES string of the molecule is CON=C1C=CC(=C(C#N)c2ccc(-c3ccccc3)cc2)C=C1. The fourth-order valence-electron chi connectivity index (χ4n) is 2.55. The van der Waals surface area contributed by atoms with Crippen LogP contribution in [-0.2, 0) is 4.84 Å². The van der Waals surface area contributed by atoms with Gasteiger partial charge in [0.1, 0.15) is 18.9 Å². The standard InChI is InChI=1S/C21H16N2O/c1-24-23-20-13-11-19(12-14-20)21(15-22)18-9-7-17(8-10-18)16-5-3-2-4-6-16/h2-14H,1H3. The van der Waals surface area contributed by atoms with E-state index in [4.69, 9.17) is 4.84 Å². The summed E-state index contributed by atoms with van der Waals surface area (Å²) in [4.78, 5) is 4.75. The molecule has 0 aromatic heterocycles. The van der Waals surface area contributed by atoms with Gasteiger partial charge in [-0.3, -0.25) is 0 Å². The maximum absolute atomic E-state index is 9.56. The Morgan fingerprint density at radius 2 is 1.50 bits per heavy atom. The molecule has 0 fully saturated rings. The molecule has 0 radical (unpaired) electrons. The quantitative estimate of drug-likeness (QED) is 0.606. The summed E-state index contributed by atoms with van der Waals surface area (Å²) in [5.41, 5.74) is 5.41. The van der Waals surface area contributed by atoms with Gasteiger partial charge in [-0.25, -0.2) is 0 Å². The minimum atomic E-state index is 0.638. The predicted molar refractivity (Wildman–Crippen MR) is 97.1 cm³/mol. The van der Waals surface area contributed by atoms with Crippen molar-refractivity contribution < 1.29 is 4.84 Å². The van der Waals surface area contributed by atoms with Gasteiger partial charge in [-0.1, -0.05) is 71.9 Å². The van der Waals surface area contributed by atoms with Gasteiger partial charge in [0.2, 0.25) is 0 Å². The number of rotatable bonds is 3. The minimum Gasteiger partial charge on any atom is -0.399 e. The summed E-state index contributed by atoms with van der Waals surface area (Å²) in [6, 6.07) is 20.5. The molecule has 0 atom stereocenters. The predicted octanol–water partition coefficient (Wildman–Crippen LogP) is 4.76. The van der Waals surface area contributed by atoms with Gasteiger partial charge < -0.3 is 4.84 Å². The molecular formula is C21H16N2O. The average molecular weight is 312 g/mol. The summed E-state index contributed by atoms with van der Waals surface area (Å²) in [7, 11) is 1.51. The Kier molecular flexibility index (Phi) is 4.69. The Hall–Kier alpha value is -3.38. The summed E-state index contributed by atoms with van der Waals surface area (Å²) in [6.07, 6.45) is 7.41. The molecule has 2 aromatic carbocycles. The zero-order valence-corrected chi connectivity index (χ0v) is 13.3. The highest BCUT2D eigenvalue weighted by Gasteiger charge is 2.08. The highest BCUT2D eigenvalue weighted by Crippen LogP contribution is 2.25. The van der Waals surface area contributed by atoms with Crippen molar-refractivity contribution in [1.82, 2.24) is 0 Å². The van der Waals surface area contributed by atoms with Crippen LogP contribution in [0.2, 0.25) is 0 Å². The van der Waals surface area contributed by atoms with Crippen molar-refractivity contribution in [2.24, 2.45) is 5.16 Å². The number of nitrogens with zero attached hydrogens (tertiary/aromatic N) is 2. The maximum Gasteiger partial charge on any atom is 0.106 e. The van der Waals surface area contributed by atoms with Crippen molar-refractivity contribution in [2.45, 2.75) is 0 Å². The Morgan fingerprint density at radius 1 is 0.875 bits per heavy atom. The summed E-state index contributed by atoms with van der Waals surface area (Å²) in [6.45, 7) is 0. The van der Waals surface area contributed by atoms with E-state index in [1.165, 1.54) is 7.11 Å². The molecule has 24 heavy (non-hydrogen) atoms. The van der Waals surface area contributed by atoms with Gasteiger partial charge >= 0.3 is 0 Å². The van der Waals surface area contributed by atoms with Gasteiger partial charge in [-0.2, -0.15) is 5.26 Å². The normalized spacial score (nSPS) is 12.7. The Labute approximate surface area is 141 Å². The molecule has 116 valence electrons.